The molecule has 0 N–H and O–H groups in total. The van der Waals surface area contributed by atoms with Gasteiger partial charge in [0.1, 0.15) is 11.4 Å². The molecule has 1 aliphatic rings. The van der Waals surface area contributed by atoms with Gasteiger partial charge in [0.05, 0.1) is 26.6 Å². The van der Waals surface area contributed by atoms with Crippen molar-refractivity contribution >= 4 is 40.2 Å². The summed E-state index contributed by atoms with van der Waals surface area (Å²) in [5.41, 5.74) is 4.89. The number of benzene rings is 3. The highest BCUT2D eigenvalue weighted by atomic mass is 35.5. The lowest BCUT2D eigenvalue weighted by molar-refractivity contribution is 0.00704. The Labute approximate surface area is 234 Å². The molecule has 4 nitrogen and oxygen atoms in total. The van der Waals surface area contributed by atoms with Gasteiger partial charge in [-0.15, -0.1) is 0 Å². The van der Waals surface area contributed by atoms with Gasteiger partial charge in [0.2, 0.25) is 0 Å². The SMILES string of the molecule is CC(C)(C)OC(=O)c1ccccc1-c1ccc(Cn2c(CC3CCCCC3)nc3cc(Cl)c(Cl)cc32)cc1. The first-order valence-corrected chi connectivity index (χ1v) is 14.2. The van der Waals surface area contributed by atoms with E-state index in [2.05, 4.69) is 28.8 Å². The molecular weight excluding hydrogens is 515 g/mol. The van der Waals surface area contributed by atoms with Crippen molar-refractivity contribution in [3.05, 3.63) is 87.7 Å². The molecule has 0 aliphatic heterocycles. The van der Waals surface area contributed by atoms with Crippen molar-refractivity contribution in [3.63, 3.8) is 0 Å². The maximum atomic E-state index is 12.9. The fraction of sp³-hybridized carbons (Fsp3) is 0.375. The van der Waals surface area contributed by atoms with Gasteiger partial charge in [0.25, 0.3) is 0 Å². The van der Waals surface area contributed by atoms with Gasteiger partial charge in [-0.1, -0.05) is 97.8 Å². The molecule has 1 aromatic heterocycles. The van der Waals surface area contributed by atoms with Crippen LogP contribution in [0.1, 0.15) is 74.6 Å². The molecule has 3 aromatic carbocycles. The second-order valence-electron chi connectivity index (χ2n) is 11.3. The van der Waals surface area contributed by atoms with Crippen molar-refractivity contribution in [2.45, 2.75) is 71.4 Å². The summed E-state index contributed by atoms with van der Waals surface area (Å²) >= 11 is 12.8. The summed E-state index contributed by atoms with van der Waals surface area (Å²) in [5.74, 6) is 1.44. The summed E-state index contributed by atoms with van der Waals surface area (Å²) in [7, 11) is 0. The minimum atomic E-state index is -0.552. The summed E-state index contributed by atoms with van der Waals surface area (Å²) in [5, 5.41) is 1.07. The summed E-state index contributed by atoms with van der Waals surface area (Å²) in [6.45, 7) is 6.33. The Morgan fingerprint density at radius 3 is 2.37 bits per heavy atom. The van der Waals surface area contributed by atoms with E-state index in [9.17, 15) is 4.79 Å². The van der Waals surface area contributed by atoms with Gasteiger partial charge in [-0.3, -0.25) is 0 Å². The van der Waals surface area contributed by atoms with Crippen LogP contribution in [0.15, 0.2) is 60.7 Å². The zero-order chi connectivity index (χ0) is 26.9. The minimum absolute atomic E-state index is 0.315. The fourth-order valence-electron chi connectivity index (χ4n) is 5.37. The molecule has 0 amide bonds. The first kappa shape index (κ1) is 26.8. The van der Waals surface area contributed by atoms with Crippen molar-refractivity contribution in [1.29, 1.82) is 0 Å². The number of rotatable bonds is 6. The number of esters is 1. The van der Waals surface area contributed by atoms with E-state index < -0.39 is 5.60 Å². The van der Waals surface area contributed by atoms with Crippen LogP contribution in [0.3, 0.4) is 0 Å². The highest BCUT2D eigenvalue weighted by Gasteiger charge is 2.22. The Hall–Kier alpha value is -2.82. The van der Waals surface area contributed by atoms with E-state index in [1.165, 1.54) is 32.1 Å². The molecule has 0 radical (unpaired) electrons. The molecule has 0 saturated heterocycles. The molecule has 0 atom stereocenters. The quantitative estimate of drug-likeness (QED) is 0.225. The van der Waals surface area contributed by atoms with E-state index in [-0.39, 0.29) is 5.97 Å². The Bertz CT molecular complexity index is 1450. The van der Waals surface area contributed by atoms with Gasteiger partial charge in [-0.25, -0.2) is 9.78 Å². The lowest BCUT2D eigenvalue weighted by Crippen LogP contribution is -2.24. The number of nitrogens with zero attached hydrogens (tertiary/aromatic N) is 2. The van der Waals surface area contributed by atoms with Gasteiger partial charge in [-0.05, 0) is 61.6 Å². The number of ether oxygens (including phenoxy) is 1. The number of carbonyl (C=O) groups excluding carboxylic acids is 1. The molecule has 1 heterocycles. The normalized spacial score (nSPS) is 14.7. The van der Waals surface area contributed by atoms with Crippen LogP contribution in [0.2, 0.25) is 10.0 Å². The highest BCUT2D eigenvalue weighted by Crippen LogP contribution is 2.32. The van der Waals surface area contributed by atoms with E-state index in [1.54, 1.807) is 0 Å². The van der Waals surface area contributed by atoms with Crippen molar-refractivity contribution in [1.82, 2.24) is 9.55 Å². The summed E-state index contributed by atoms with van der Waals surface area (Å²) < 4.78 is 7.93. The van der Waals surface area contributed by atoms with E-state index in [0.29, 0.717) is 28.1 Å². The van der Waals surface area contributed by atoms with Gasteiger partial charge >= 0.3 is 5.97 Å². The smallest absolute Gasteiger partial charge is 0.339 e. The number of imidazole rings is 1. The van der Waals surface area contributed by atoms with Crippen molar-refractivity contribution in [2.24, 2.45) is 5.92 Å². The number of fused-ring (bicyclic) bond motifs is 1. The van der Waals surface area contributed by atoms with Gasteiger partial charge < -0.3 is 9.30 Å². The molecule has 0 bridgehead atoms. The van der Waals surface area contributed by atoms with Crippen molar-refractivity contribution < 1.29 is 9.53 Å². The van der Waals surface area contributed by atoms with E-state index in [1.807, 2.05) is 57.2 Å². The zero-order valence-corrected chi connectivity index (χ0v) is 23.8. The Kier molecular flexibility index (Phi) is 7.83. The summed E-state index contributed by atoms with van der Waals surface area (Å²) in [4.78, 5) is 17.9. The van der Waals surface area contributed by atoms with Gasteiger partial charge in [0, 0.05) is 13.0 Å². The number of aromatic nitrogens is 2. The second-order valence-corrected chi connectivity index (χ2v) is 12.1. The van der Waals surface area contributed by atoms with E-state index >= 15 is 0 Å². The van der Waals surface area contributed by atoms with Crippen LogP contribution in [-0.4, -0.2) is 21.1 Å². The monoisotopic (exact) mass is 548 g/mol. The molecule has 5 rings (SSSR count). The van der Waals surface area contributed by atoms with Crippen LogP contribution in [0.25, 0.3) is 22.2 Å². The molecule has 4 aromatic rings. The standard InChI is InChI=1S/C32H34Cl2N2O2/c1-32(2,3)38-31(37)25-12-8-7-11-24(25)23-15-13-22(14-16-23)20-36-29-19-27(34)26(33)18-28(29)35-30(36)17-21-9-5-4-6-10-21/h7-8,11-16,18-19,21H,4-6,9-10,17,20H2,1-3H3. The Morgan fingerprint density at radius 2 is 1.66 bits per heavy atom. The predicted molar refractivity (Wildman–Crippen MR) is 156 cm³/mol. The Balaban J connectivity index is 1.45. The minimum Gasteiger partial charge on any atom is -0.456 e. The third-order valence-electron chi connectivity index (χ3n) is 7.22. The van der Waals surface area contributed by atoms with E-state index in [4.69, 9.17) is 32.9 Å². The third-order valence-corrected chi connectivity index (χ3v) is 7.94. The third kappa shape index (κ3) is 6.08. The molecule has 1 fully saturated rings. The lowest BCUT2D eigenvalue weighted by Gasteiger charge is -2.22. The van der Waals surface area contributed by atoms with Crippen molar-refractivity contribution in [3.8, 4) is 11.1 Å². The topological polar surface area (TPSA) is 44.1 Å². The molecule has 6 heteroatoms. The number of hydrogen-bond acceptors (Lipinski definition) is 3. The van der Waals surface area contributed by atoms with E-state index in [0.717, 1.165) is 40.0 Å². The average Bonchev–Trinajstić information content (AvgIpc) is 3.19. The van der Waals surface area contributed by atoms with Crippen molar-refractivity contribution in [2.75, 3.05) is 0 Å². The van der Waals surface area contributed by atoms with Gasteiger partial charge in [0.15, 0.2) is 0 Å². The molecule has 0 unspecified atom stereocenters. The largest absolute Gasteiger partial charge is 0.456 e. The molecule has 198 valence electrons. The zero-order valence-electron chi connectivity index (χ0n) is 22.3. The lowest BCUT2D eigenvalue weighted by atomic mass is 9.87. The maximum absolute atomic E-state index is 12.9. The molecule has 1 aliphatic carbocycles. The first-order valence-electron chi connectivity index (χ1n) is 13.4. The summed E-state index contributed by atoms with van der Waals surface area (Å²) in [6.07, 6.45) is 7.42. The maximum Gasteiger partial charge on any atom is 0.339 e. The average molecular weight is 550 g/mol. The van der Waals surface area contributed by atoms with Crippen LogP contribution < -0.4 is 0 Å². The van der Waals surface area contributed by atoms with Crippen LogP contribution in [0.5, 0.6) is 0 Å². The second kappa shape index (κ2) is 11.1. The fourth-order valence-corrected chi connectivity index (χ4v) is 5.69. The molecule has 0 spiro atoms. The van der Waals surface area contributed by atoms with Crippen LogP contribution in [-0.2, 0) is 17.7 Å². The highest BCUT2D eigenvalue weighted by molar-refractivity contribution is 6.42. The van der Waals surface area contributed by atoms with Crippen LogP contribution in [0.4, 0.5) is 0 Å². The molecular formula is C32H34Cl2N2O2. The number of carbonyl (C=O) groups is 1. The number of halogens is 2. The molecule has 1 saturated carbocycles. The van der Waals surface area contributed by atoms with Crippen LogP contribution >= 0.6 is 23.2 Å². The summed E-state index contributed by atoms with van der Waals surface area (Å²) in [6, 6.07) is 19.8. The predicted octanol–water partition coefficient (Wildman–Crippen LogP) is 9.14. The van der Waals surface area contributed by atoms with Gasteiger partial charge in [-0.2, -0.15) is 0 Å². The molecule has 38 heavy (non-hydrogen) atoms. The van der Waals surface area contributed by atoms with Crippen LogP contribution in [0, 0.1) is 5.92 Å². The first-order chi connectivity index (χ1) is 18.2. The Morgan fingerprint density at radius 1 is 0.974 bits per heavy atom. The number of hydrogen-bond donors (Lipinski definition) is 0.